The van der Waals surface area contributed by atoms with Gasteiger partial charge in [-0.05, 0) is 24.6 Å². The van der Waals surface area contributed by atoms with E-state index in [-0.39, 0.29) is 35.9 Å². The highest BCUT2D eigenvalue weighted by Crippen LogP contribution is 2.24. The Morgan fingerprint density at radius 1 is 1.45 bits per heavy atom. The van der Waals surface area contributed by atoms with E-state index in [0.717, 1.165) is 5.56 Å². The monoisotopic (exact) mass is 325 g/mol. The summed E-state index contributed by atoms with van der Waals surface area (Å²) < 4.78 is 18.4. The van der Waals surface area contributed by atoms with E-state index in [1.807, 2.05) is 6.07 Å². The molecule has 118 valence electrons. The summed E-state index contributed by atoms with van der Waals surface area (Å²) >= 11 is 0. The molecule has 1 aromatic carbocycles. The Balaban J connectivity index is 0.00000176. The number of carbonyl (C=O) groups is 1. The average molecular weight is 326 g/mol. The molecule has 0 saturated carbocycles. The topological polar surface area (TPSA) is 58.4 Å². The largest absolute Gasteiger partial charge is 0.361 e. The lowest BCUT2D eigenvalue weighted by Crippen LogP contribution is -2.48. The molecule has 22 heavy (non-hydrogen) atoms. The van der Waals surface area contributed by atoms with E-state index < -0.39 is 0 Å². The van der Waals surface area contributed by atoms with Crippen molar-refractivity contribution >= 4 is 18.3 Å². The first kappa shape index (κ1) is 16.5. The zero-order valence-electron chi connectivity index (χ0n) is 12.1. The molecule has 1 amide bonds. The maximum Gasteiger partial charge on any atom is 0.276 e. The second-order valence-corrected chi connectivity index (χ2v) is 5.10. The van der Waals surface area contributed by atoms with Gasteiger partial charge in [0.1, 0.15) is 11.6 Å². The Bertz CT molecular complexity index is 662. The number of rotatable bonds is 2. The zero-order chi connectivity index (χ0) is 14.8. The van der Waals surface area contributed by atoms with Gasteiger partial charge < -0.3 is 14.7 Å². The molecule has 1 unspecified atom stereocenters. The molecule has 0 radical (unpaired) electrons. The summed E-state index contributed by atoms with van der Waals surface area (Å²) in [7, 11) is 0. The van der Waals surface area contributed by atoms with Crippen molar-refractivity contribution in [2.24, 2.45) is 0 Å². The molecule has 0 bridgehead atoms. The second kappa shape index (κ2) is 6.89. The lowest BCUT2D eigenvalue weighted by Gasteiger charge is -2.36. The van der Waals surface area contributed by atoms with Gasteiger partial charge in [0.15, 0.2) is 5.69 Å². The molecular formula is C15H17ClFN3O2. The molecule has 5 nitrogen and oxygen atoms in total. The molecular weight excluding hydrogens is 309 g/mol. The summed E-state index contributed by atoms with van der Waals surface area (Å²) in [5, 5.41) is 7.01. The number of halogens is 2. The molecule has 2 aromatic rings. The summed E-state index contributed by atoms with van der Waals surface area (Å²) in [5.74, 6) is 0.0983. The van der Waals surface area contributed by atoms with Gasteiger partial charge in [-0.1, -0.05) is 17.3 Å². The molecule has 1 aliphatic rings. The van der Waals surface area contributed by atoms with Crippen LogP contribution in [-0.4, -0.2) is 35.6 Å². The number of aryl methyl sites for hydroxylation is 1. The van der Waals surface area contributed by atoms with Gasteiger partial charge in [0.25, 0.3) is 5.91 Å². The van der Waals surface area contributed by atoms with Crippen LogP contribution < -0.4 is 5.32 Å². The van der Waals surface area contributed by atoms with Crippen LogP contribution in [0.15, 0.2) is 34.9 Å². The van der Waals surface area contributed by atoms with Crippen molar-refractivity contribution in [2.75, 3.05) is 19.6 Å². The van der Waals surface area contributed by atoms with E-state index in [0.29, 0.717) is 25.4 Å². The van der Waals surface area contributed by atoms with E-state index in [1.54, 1.807) is 24.0 Å². The minimum atomic E-state index is -0.303. The molecule has 1 aromatic heterocycles. The van der Waals surface area contributed by atoms with Crippen molar-refractivity contribution < 1.29 is 13.7 Å². The van der Waals surface area contributed by atoms with Gasteiger partial charge in [-0.15, -0.1) is 12.4 Å². The number of benzene rings is 1. The minimum absolute atomic E-state index is 0. The van der Waals surface area contributed by atoms with Crippen LogP contribution in [0.3, 0.4) is 0 Å². The van der Waals surface area contributed by atoms with Crippen LogP contribution in [0.4, 0.5) is 4.39 Å². The van der Waals surface area contributed by atoms with Gasteiger partial charge in [-0.2, -0.15) is 0 Å². The van der Waals surface area contributed by atoms with Crippen molar-refractivity contribution in [3.63, 3.8) is 0 Å². The fourth-order valence-corrected chi connectivity index (χ4v) is 2.57. The maximum absolute atomic E-state index is 13.4. The number of nitrogens with one attached hydrogen (secondary N) is 1. The number of amides is 1. The van der Waals surface area contributed by atoms with Gasteiger partial charge in [-0.3, -0.25) is 4.79 Å². The molecule has 2 heterocycles. The van der Waals surface area contributed by atoms with Crippen LogP contribution in [0.1, 0.15) is 27.9 Å². The predicted molar refractivity (Wildman–Crippen MR) is 81.5 cm³/mol. The van der Waals surface area contributed by atoms with E-state index in [4.69, 9.17) is 4.52 Å². The molecule has 3 rings (SSSR count). The summed E-state index contributed by atoms with van der Waals surface area (Å²) in [4.78, 5) is 14.3. The lowest BCUT2D eigenvalue weighted by molar-refractivity contribution is 0.0623. The van der Waals surface area contributed by atoms with E-state index >= 15 is 0 Å². The molecule has 1 N–H and O–H groups in total. The lowest BCUT2D eigenvalue weighted by atomic mass is 10.0. The summed E-state index contributed by atoms with van der Waals surface area (Å²) in [6, 6.07) is 7.75. The molecule has 0 spiro atoms. The van der Waals surface area contributed by atoms with Crippen LogP contribution in [0.25, 0.3) is 0 Å². The molecule has 1 atom stereocenters. The molecule has 0 aliphatic carbocycles. The number of carbonyl (C=O) groups excluding carboxylic acids is 1. The number of piperazine rings is 1. The molecule has 1 fully saturated rings. The first-order chi connectivity index (χ1) is 10.1. The number of nitrogens with zero attached hydrogens (tertiary/aromatic N) is 2. The standard InChI is InChI=1S/C15H16FN3O2.ClH/c1-10-7-13(18-21-10)15(20)19-6-5-17-9-14(19)11-3-2-4-12(16)8-11;/h2-4,7-8,14,17H,5-6,9H2,1H3;1H. The first-order valence-corrected chi connectivity index (χ1v) is 6.85. The Hall–Kier alpha value is -1.92. The second-order valence-electron chi connectivity index (χ2n) is 5.10. The Labute approximate surface area is 133 Å². The van der Waals surface area contributed by atoms with Crippen LogP contribution in [0.2, 0.25) is 0 Å². The zero-order valence-corrected chi connectivity index (χ0v) is 12.9. The highest BCUT2D eigenvalue weighted by atomic mass is 35.5. The minimum Gasteiger partial charge on any atom is -0.361 e. The Morgan fingerprint density at radius 2 is 2.27 bits per heavy atom. The van der Waals surface area contributed by atoms with Crippen molar-refractivity contribution in [1.82, 2.24) is 15.4 Å². The van der Waals surface area contributed by atoms with Crippen molar-refractivity contribution in [3.05, 3.63) is 53.2 Å². The SMILES string of the molecule is Cc1cc(C(=O)N2CCNCC2c2cccc(F)c2)no1.Cl. The van der Waals surface area contributed by atoms with Gasteiger partial charge in [-0.25, -0.2) is 4.39 Å². The van der Waals surface area contributed by atoms with E-state index in [2.05, 4.69) is 10.5 Å². The summed E-state index contributed by atoms with van der Waals surface area (Å²) in [6.07, 6.45) is 0. The van der Waals surface area contributed by atoms with Gasteiger partial charge in [0.2, 0.25) is 0 Å². The van der Waals surface area contributed by atoms with Crippen molar-refractivity contribution in [1.29, 1.82) is 0 Å². The third kappa shape index (κ3) is 3.28. The van der Waals surface area contributed by atoms with Gasteiger partial charge >= 0.3 is 0 Å². The van der Waals surface area contributed by atoms with Crippen LogP contribution in [0.5, 0.6) is 0 Å². The summed E-state index contributed by atoms with van der Waals surface area (Å²) in [6.45, 7) is 3.58. The third-order valence-electron chi connectivity index (χ3n) is 3.58. The van der Waals surface area contributed by atoms with Crippen LogP contribution in [0, 0.1) is 12.7 Å². The van der Waals surface area contributed by atoms with E-state index in [1.165, 1.54) is 12.1 Å². The number of hydrogen-bond donors (Lipinski definition) is 1. The number of hydrogen-bond acceptors (Lipinski definition) is 4. The number of aromatic nitrogens is 1. The molecule has 1 saturated heterocycles. The molecule has 1 aliphatic heterocycles. The van der Waals surface area contributed by atoms with Crippen LogP contribution >= 0.6 is 12.4 Å². The van der Waals surface area contributed by atoms with Crippen LogP contribution in [-0.2, 0) is 0 Å². The maximum atomic E-state index is 13.4. The van der Waals surface area contributed by atoms with Crippen molar-refractivity contribution in [2.45, 2.75) is 13.0 Å². The molecule has 7 heteroatoms. The Morgan fingerprint density at radius 3 is 2.95 bits per heavy atom. The van der Waals surface area contributed by atoms with Crippen molar-refractivity contribution in [3.8, 4) is 0 Å². The fraction of sp³-hybridized carbons (Fsp3) is 0.333. The third-order valence-corrected chi connectivity index (χ3v) is 3.58. The predicted octanol–water partition coefficient (Wildman–Crippen LogP) is 2.33. The quantitative estimate of drug-likeness (QED) is 0.920. The Kier molecular flexibility index (Phi) is 5.15. The van der Waals surface area contributed by atoms with Gasteiger partial charge in [0, 0.05) is 25.7 Å². The summed E-state index contributed by atoms with van der Waals surface area (Å²) in [5.41, 5.74) is 1.06. The average Bonchev–Trinajstić information content (AvgIpc) is 2.93. The normalized spacial score (nSPS) is 17.9. The highest BCUT2D eigenvalue weighted by Gasteiger charge is 2.30. The first-order valence-electron chi connectivity index (χ1n) is 6.85. The van der Waals surface area contributed by atoms with E-state index in [9.17, 15) is 9.18 Å². The smallest absolute Gasteiger partial charge is 0.276 e. The fourth-order valence-electron chi connectivity index (χ4n) is 2.57. The van der Waals surface area contributed by atoms with Gasteiger partial charge in [0.05, 0.1) is 6.04 Å². The highest BCUT2D eigenvalue weighted by molar-refractivity contribution is 5.92.